The lowest BCUT2D eigenvalue weighted by molar-refractivity contribution is -0.136. The molecule has 13 heavy (non-hydrogen) atoms. The first-order chi connectivity index (χ1) is 6.22. The third-order valence-corrected chi connectivity index (χ3v) is 2.08. The molecule has 3 nitrogen and oxygen atoms in total. The molecule has 0 fully saturated rings. The maximum absolute atomic E-state index is 10.8. The van der Waals surface area contributed by atoms with Gasteiger partial charge in [-0.2, -0.15) is 11.8 Å². The molecule has 0 aromatic carbocycles. The number of rotatable bonds is 7. The number of carbonyl (C=O) groups excluding carboxylic acids is 1. The van der Waals surface area contributed by atoms with Gasteiger partial charge in [0.2, 0.25) is 0 Å². The van der Waals surface area contributed by atoms with Gasteiger partial charge in [0, 0.05) is 6.61 Å². The van der Waals surface area contributed by atoms with Gasteiger partial charge in [0.05, 0.1) is 19.3 Å². The summed E-state index contributed by atoms with van der Waals surface area (Å²) in [7, 11) is 1.33. The average Bonchev–Trinajstić information content (AvgIpc) is 2.16. The number of esters is 1. The van der Waals surface area contributed by atoms with E-state index < -0.39 is 5.97 Å². The zero-order chi connectivity index (χ0) is 10.1. The standard InChI is InChI=1S/C9H16O3S/c1-8(9(10)11-2)7-12-5-4-6-13-3/h1,4-7H2,2-3H3. The summed E-state index contributed by atoms with van der Waals surface area (Å²) >= 11 is 1.78. The van der Waals surface area contributed by atoms with Gasteiger partial charge in [-0.15, -0.1) is 0 Å². The summed E-state index contributed by atoms with van der Waals surface area (Å²) < 4.78 is 9.67. The topological polar surface area (TPSA) is 35.5 Å². The molecule has 0 aromatic rings. The molecule has 0 aliphatic rings. The lowest BCUT2D eigenvalue weighted by Crippen LogP contribution is -2.10. The summed E-state index contributed by atoms with van der Waals surface area (Å²) in [6.07, 6.45) is 3.04. The van der Waals surface area contributed by atoms with Crippen molar-refractivity contribution in [2.75, 3.05) is 32.3 Å². The van der Waals surface area contributed by atoms with Gasteiger partial charge in [0.15, 0.2) is 0 Å². The normalized spacial score (nSPS) is 9.69. The number of thioether (sulfide) groups is 1. The Balaban J connectivity index is 3.32. The molecule has 0 N–H and O–H groups in total. The molecule has 4 heteroatoms. The van der Waals surface area contributed by atoms with Crippen LogP contribution in [0.4, 0.5) is 0 Å². The van der Waals surface area contributed by atoms with Crippen molar-refractivity contribution in [1.29, 1.82) is 0 Å². The summed E-state index contributed by atoms with van der Waals surface area (Å²) in [5.74, 6) is 0.676. The smallest absolute Gasteiger partial charge is 0.335 e. The van der Waals surface area contributed by atoms with Crippen LogP contribution in [0, 0.1) is 0 Å². The summed E-state index contributed by atoms with van der Waals surface area (Å²) in [4.78, 5) is 10.8. The Bertz CT molecular complexity index is 168. The van der Waals surface area contributed by atoms with E-state index in [0.717, 1.165) is 12.2 Å². The molecule has 76 valence electrons. The van der Waals surface area contributed by atoms with Crippen LogP contribution in [0.2, 0.25) is 0 Å². The van der Waals surface area contributed by atoms with E-state index in [1.807, 2.05) is 6.26 Å². The molecular weight excluding hydrogens is 188 g/mol. The number of ether oxygens (including phenoxy) is 2. The van der Waals surface area contributed by atoms with Crippen LogP contribution in [-0.4, -0.2) is 38.3 Å². The third-order valence-electron chi connectivity index (χ3n) is 1.39. The third kappa shape index (κ3) is 6.66. The van der Waals surface area contributed by atoms with Gasteiger partial charge in [0.25, 0.3) is 0 Å². The van der Waals surface area contributed by atoms with Crippen molar-refractivity contribution in [3.63, 3.8) is 0 Å². The number of carbonyl (C=O) groups is 1. The minimum Gasteiger partial charge on any atom is -0.466 e. The quantitative estimate of drug-likeness (QED) is 0.357. The van der Waals surface area contributed by atoms with E-state index in [-0.39, 0.29) is 6.61 Å². The maximum atomic E-state index is 10.8. The highest BCUT2D eigenvalue weighted by Crippen LogP contribution is 1.98. The molecule has 0 radical (unpaired) electrons. The van der Waals surface area contributed by atoms with Crippen LogP contribution in [0.5, 0.6) is 0 Å². The van der Waals surface area contributed by atoms with Crippen LogP contribution in [0.15, 0.2) is 12.2 Å². The first-order valence-corrected chi connectivity index (χ1v) is 5.44. The first kappa shape index (κ1) is 12.5. The van der Waals surface area contributed by atoms with Crippen molar-refractivity contribution in [3.8, 4) is 0 Å². The van der Waals surface area contributed by atoms with Crippen LogP contribution in [-0.2, 0) is 14.3 Å². The predicted octanol–water partition coefficient (Wildman–Crippen LogP) is 1.49. The predicted molar refractivity (Wildman–Crippen MR) is 55.0 cm³/mol. The van der Waals surface area contributed by atoms with Crippen LogP contribution in [0.25, 0.3) is 0 Å². The van der Waals surface area contributed by atoms with Crippen LogP contribution in [0.1, 0.15) is 6.42 Å². The van der Waals surface area contributed by atoms with E-state index >= 15 is 0 Å². The lowest BCUT2D eigenvalue weighted by atomic mass is 10.3. The minimum absolute atomic E-state index is 0.265. The highest BCUT2D eigenvalue weighted by Gasteiger charge is 2.05. The Morgan fingerprint density at radius 1 is 1.54 bits per heavy atom. The molecule has 0 spiro atoms. The SMILES string of the molecule is C=C(COCCCSC)C(=O)OC. The fraction of sp³-hybridized carbons (Fsp3) is 0.667. The van der Waals surface area contributed by atoms with Crippen LogP contribution >= 0.6 is 11.8 Å². The zero-order valence-electron chi connectivity index (χ0n) is 8.17. The zero-order valence-corrected chi connectivity index (χ0v) is 8.99. The van der Waals surface area contributed by atoms with Crippen LogP contribution < -0.4 is 0 Å². The van der Waals surface area contributed by atoms with E-state index in [2.05, 4.69) is 11.3 Å². The van der Waals surface area contributed by atoms with Crippen molar-refractivity contribution in [3.05, 3.63) is 12.2 Å². The highest BCUT2D eigenvalue weighted by molar-refractivity contribution is 7.98. The average molecular weight is 204 g/mol. The van der Waals surface area contributed by atoms with Crippen molar-refractivity contribution >= 4 is 17.7 Å². The van der Waals surface area contributed by atoms with Crippen molar-refractivity contribution in [1.82, 2.24) is 0 Å². The minimum atomic E-state index is -0.398. The Morgan fingerprint density at radius 2 is 2.23 bits per heavy atom. The fourth-order valence-electron chi connectivity index (χ4n) is 0.704. The second-order valence-corrected chi connectivity index (χ2v) is 3.48. The Labute approximate surface area is 83.5 Å². The fourth-order valence-corrected chi connectivity index (χ4v) is 1.11. The van der Waals surface area contributed by atoms with Gasteiger partial charge >= 0.3 is 5.97 Å². The van der Waals surface area contributed by atoms with E-state index in [4.69, 9.17) is 4.74 Å². The highest BCUT2D eigenvalue weighted by atomic mass is 32.2. The molecular formula is C9H16O3S. The van der Waals surface area contributed by atoms with Gasteiger partial charge in [-0.3, -0.25) is 0 Å². The molecule has 0 heterocycles. The first-order valence-electron chi connectivity index (χ1n) is 4.05. The van der Waals surface area contributed by atoms with Gasteiger partial charge in [-0.05, 0) is 18.4 Å². The van der Waals surface area contributed by atoms with Gasteiger partial charge in [0.1, 0.15) is 0 Å². The van der Waals surface area contributed by atoms with E-state index in [1.165, 1.54) is 7.11 Å². The molecule has 0 aliphatic heterocycles. The van der Waals surface area contributed by atoms with E-state index in [0.29, 0.717) is 12.2 Å². The summed E-state index contributed by atoms with van der Waals surface area (Å²) in [5, 5.41) is 0. The van der Waals surface area contributed by atoms with E-state index in [1.54, 1.807) is 11.8 Å². The molecule has 0 rings (SSSR count). The molecule has 0 unspecified atom stereocenters. The number of methoxy groups -OCH3 is 1. The maximum Gasteiger partial charge on any atom is 0.335 e. The monoisotopic (exact) mass is 204 g/mol. The molecule has 0 bridgehead atoms. The van der Waals surface area contributed by atoms with Crippen LogP contribution in [0.3, 0.4) is 0 Å². The Kier molecular flexibility index (Phi) is 7.83. The summed E-state index contributed by atoms with van der Waals surface area (Å²) in [6, 6.07) is 0. The lowest BCUT2D eigenvalue weighted by Gasteiger charge is -2.04. The van der Waals surface area contributed by atoms with Gasteiger partial charge < -0.3 is 9.47 Å². The van der Waals surface area contributed by atoms with Crippen molar-refractivity contribution < 1.29 is 14.3 Å². The van der Waals surface area contributed by atoms with Gasteiger partial charge in [-0.25, -0.2) is 4.79 Å². The molecule has 0 amide bonds. The van der Waals surface area contributed by atoms with Crippen molar-refractivity contribution in [2.45, 2.75) is 6.42 Å². The molecule has 0 saturated heterocycles. The van der Waals surface area contributed by atoms with Gasteiger partial charge in [-0.1, -0.05) is 6.58 Å². The van der Waals surface area contributed by atoms with Crippen molar-refractivity contribution in [2.24, 2.45) is 0 Å². The Morgan fingerprint density at radius 3 is 2.77 bits per heavy atom. The number of hydrogen-bond donors (Lipinski definition) is 0. The van der Waals surface area contributed by atoms with E-state index in [9.17, 15) is 4.79 Å². The molecule has 0 aliphatic carbocycles. The largest absolute Gasteiger partial charge is 0.466 e. The summed E-state index contributed by atoms with van der Waals surface area (Å²) in [6.45, 7) is 4.47. The second kappa shape index (κ2) is 8.13. The Hall–Kier alpha value is -0.480. The second-order valence-electron chi connectivity index (χ2n) is 2.49. The molecule has 0 atom stereocenters. The number of hydrogen-bond acceptors (Lipinski definition) is 4. The summed E-state index contributed by atoms with van der Waals surface area (Å²) in [5.41, 5.74) is 0.367. The molecule has 0 saturated carbocycles. The molecule has 0 aromatic heterocycles.